The molecule has 0 amide bonds. The number of thioether (sulfide) groups is 1. The minimum atomic E-state index is 0.823. The molecule has 0 bridgehead atoms. The van der Waals surface area contributed by atoms with Crippen molar-refractivity contribution in [3.05, 3.63) is 35.2 Å². The van der Waals surface area contributed by atoms with Gasteiger partial charge in [0.05, 0.1) is 12.0 Å². The molecule has 0 saturated heterocycles. The first-order valence-electron chi connectivity index (χ1n) is 4.78. The van der Waals surface area contributed by atoms with E-state index in [4.69, 9.17) is 4.42 Å². The zero-order valence-corrected chi connectivity index (χ0v) is 11.0. The van der Waals surface area contributed by atoms with Crippen molar-refractivity contribution in [3.8, 4) is 10.6 Å². The third-order valence-corrected chi connectivity index (χ3v) is 4.84. The van der Waals surface area contributed by atoms with Gasteiger partial charge in [0.2, 0.25) is 0 Å². The number of furan rings is 1. The molecule has 0 aliphatic rings. The van der Waals surface area contributed by atoms with Crippen LogP contribution in [0.2, 0.25) is 0 Å². The Morgan fingerprint density at radius 2 is 2.35 bits per heavy atom. The average Bonchev–Trinajstić information content (AvgIpc) is 3.09. The number of rotatable bonds is 4. The van der Waals surface area contributed by atoms with Gasteiger partial charge in [0.25, 0.3) is 0 Å². The predicted molar refractivity (Wildman–Crippen MR) is 69.3 cm³/mol. The lowest BCUT2D eigenvalue weighted by atomic mass is 10.4. The van der Waals surface area contributed by atoms with Gasteiger partial charge >= 0.3 is 0 Å². The van der Waals surface area contributed by atoms with E-state index in [0.29, 0.717) is 0 Å². The molecule has 3 aromatic rings. The van der Waals surface area contributed by atoms with Gasteiger partial charge in [-0.25, -0.2) is 4.98 Å². The Hall–Kier alpha value is -1.18. The van der Waals surface area contributed by atoms with Gasteiger partial charge < -0.3 is 4.42 Å². The van der Waals surface area contributed by atoms with E-state index in [1.54, 1.807) is 52.5 Å². The van der Waals surface area contributed by atoms with Crippen LogP contribution in [-0.2, 0) is 5.75 Å². The number of hydrogen-bond acceptors (Lipinski definition) is 7. The number of thiazole rings is 1. The molecule has 0 aromatic carbocycles. The van der Waals surface area contributed by atoms with Crippen molar-refractivity contribution in [1.82, 2.24) is 15.2 Å². The van der Waals surface area contributed by atoms with Crippen molar-refractivity contribution in [1.29, 1.82) is 0 Å². The van der Waals surface area contributed by atoms with Gasteiger partial charge in [-0.1, -0.05) is 23.1 Å². The van der Waals surface area contributed by atoms with Gasteiger partial charge in [-0.15, -0.1) is 21.5 Å². The summed E-state index contributed by atoms with van der Waals surface area (Å²) in [6, 6.07) is 1.92. The summed E-state index contributed by atoms with van der Waals surface area (Å²) >= 11 is 4.83. The maximum atomic E-state index is 5.04. The zero-order valence-electron chi connectivity index (χ0n) is 8.57. The molecule has 0 saturated carbocycles. The summed E-state index contributed by atoms with van der Waals surface area (Å²) in [5.41, 5.74) is 3.83. The van der Waals surface area contributed by atoms with Gasteiger partial charge in [-0.2, -0.15) is 0 Å². The SMILES string of the molecule is c1cc(-c2nc(CSc3nncs3)cs2)co1. The maximum absolute atomic E-state index is 5.04. The maximum Gasteiger partial charge on any atom is 0.174 e. The van der Waals surface area contributed by atoms with Crippen molar-refractivity contribution in [3.63, 3.8) is 0 Å². The fourth-order valence-electron chi connectivity index (χ4n) is 1.25. The molecule has 4 nitrogen and oxygen atoms in total. The third kappa shape index (κ3) is 2.56. The van der Waals surface area contributed by atoms with Crippen LogP contribution in [0.1, 0.15) is 5.69 Å². The lowest BCUT2D eigenvalue weighted by Gasteiger charge is -1.91. The highest BCUT2D eigenvalue weighted by molar-refractivity contribution is 8.00. The van der Waals surface area contributed by atoms with Gasteiger partial charge in [0, 0.05) is 16.7 Å². The van der Waals surface area contributed by atoms with Gasteiger partial charge in [-0.3, -0.25) is 0 Å². The highest BCUT2D eigenvalue weighted by Gasteiger charge is 2.07. The average molecular weight is 281 g/mol. The summed E-state index contributed by atoms with van der Waals surface area (Å²) in [6.45, 7) is 0. The molecule has 0 radical (unpaired) electrons. The summed E-state index contributed by atoms with van der Waals surface area (Å²) in [7, 11) is 0. The lowest BCUT2D eigenvalue weighted by Crippen LogP contribution is -1.81. The normalized spacial score (nSPS) is 10.8. The Bertz CT molecular complexity index is 574. The monoisotopic (exact) mass is 281 g/mol. The van der Waals surface area contributed by atoms with Crippen LogP contribution in [0.25, 0.3) is 10.6 Å². The van der Waals surface area contributed by atoms with Crippen LogP contribution in [0.15, 0.2) is 38.2 Å². The Labute approximate surface area is 110 Å². The van der Waals surface area contributed by atoms with Crippen LogP contribution in [0.5, 0.6) is 0 Å². The molecule has 3 heterocycles. The van der Waals surface area contributed by atoms with Crippen molar-refractivity contribution >= 4 is 34.4 Å². The molecule has 0 spiro atoms. The second-order valence-corrected chi connectivity index (χ2v) is 6.06. The summed E-state index contributed by atoms with van der Waals surface area (Å²) in [5, 5.41) is 10.8. The van der Waals surface area contributed by atoms with Crippen molar-refractivity contribution < 1.29 is 4.42 Å². The Morgan fingerprint density at radius 1 is 1.35 bits per heavy atom. The Kier molecular flexibility index (Phi) is 3.21. The van der Waals surface area contributed by atoms with Gasteiger partial charge in [0.15, 0.2) is 4.34 Å². The second-order valence-electron chi connectivity index (χ2n) is 3.15. The van der Waals surface area contributed by atoms with Crippen LogP contribution in [0.4, 0.5) is 0 Å². The molecule has 0 atom stereocenters. The minimum Gasteiger partial charge on any atom is -0.472 e. The van der Waals surface area contributed by atoms with Crippen LogP contribution in [-0.4, -0.2) is 15.2 Å². The van der Waals surface area contributed by atoms with E-state index in [1.807, 2.05) is 6.07 Å². The first kappa shape index (κ1) is 10.9. The third-order valence-electron chi connectivity index (χ3n) is 2.00. The number of nitrogens with zero attached hydrogens (tertiary/aromatic N) is 3. The summed E-state index contributed by atoms with van der Waals surface area (Å²) in [5.74, 6) is 0.823. The van der Waals surface area contributed by atoms with E-state index in [0.717, 1.165) is 26.4 Å². The zero-order chi connectivity index (χ0) is 11.5. The summed E-state index contributed by atoms with van der Waals surface area (Å²) < 4.78 is 6.02. The largest absolute Gasteiger partial charge is 0.472 e. The van der Waals surface area contributed by atoms with Gasteiger partial charge in [0.1, 0.15) is 16.8 Å². The molecule has 0 aliphatic carbocycles. The van der Waals surface area contributed by atoms with Crippen LogP contribution >= 0.6 is 34.4 Å². The van der Waals surface area contributed by atoms with E-state index in [1.165, 1.54) is 0 Å². The molecule has 86 valence electrons. The smallest absolute Gasteiger partial charge is 0.174 e. The molecule has 17 heavy (non-hydrogen) atoms. The van der Waals surface area contributed by atoms with Crippen molar-refractivity contribution in [2.75, 3.05) is 0 Å². The Morgan fingerprint density at radius 3 is 3.12 bits per heavy atom. The molecular formula is C10H7N3OS3. The predicted octanol–water partition coefficient (Wildman–Crippen LogP) is 3.55. The van der Waals surface area contributed by atoms with Crippen LogP contribution in [0.3, 0.4) is 0 Å². The van der Waals surface area contributed by atoms with Crippen molar-refractivity contribution in [2.24, 2.45) is 0 Å². The molecule has 3 rings (SSSR count). The summed E-state index contributed by atoms with van der Waals surface area (Å²) in [6.07, 6.45) is 3.37. The standard InChI is InChI=1S/C10H7N3OS3/c1-2-14-3-7(1)9-12-8(4-15-9)5-16-10-13-11-6-17-10/h1-4,6H,5H2. The minimum absolute atomic E-state index is 0.823. The molecular weight excluding hydrogens is 274 g/mol. The first-order chi connectivity index (χ1) is 8.42. The highest BCUT2D eigenvalue weighted by Crippen LogP contribution is 2.28. The second kappa shape index (κ2) is 4.99. The topological polar surface area (TPSA) is 51.8 Å². The van der Waals surface area contributed by atoms with E-state index in [2.05, 4.69) is 20.6 Å². The van der Waals surface area contributed by atoms with Gasteiger partial charge in [-0.05, 0) is 6.07 Å². The van der Waals surface area contributed by atoms with E-state index in [-0.39, 0.29) is 0 Å². The molecule has 0 unspecified atom stereocenters. The highest BCUT2D eigenvalue weighted by atomic mass is 32.2. The van der Waals surface area contributed by atoms with E-state index < -0.39 is 0 Å². The van der Waals surface area contributed by atoms with Crippen molar-refractivity contribution in [2.45, 2.75) is 10.1 Å². The van der Waals surface area contributed by atoms with E-state index in [9.17, 15) is 0 Å². The fraction of sp³-hybridized carbons (Fsp3) is 0.100. The fourth-order valence-corrected chi connectivity index (χ4v) is 3.55. The number of hydrogen-bond donors (Lipinski definition) is 0. The molecule has 0 aliphatic heterocycles. The first-order valence-corrected chi connectivity index (χ1v) is 7.52. The summed E-state index contributed by atoms with van der Waals surface area (Å²) in [4.78, 5) is 4.55. The quantitative estimate of drug-likeness (QED) is 0.684. The number of aromatic nitrogens is 3. The lowest BCUT2D eigenvalue weighted by molar-refractivity contribution is 0.568. The molecule has 0 fully saturated rings. The molecule has 0 N–H and O–H groups in total. The molecule has 7 heteroatoms. The molecule has 3 aromatic heterocycles. The van der Waals surface area contributed by atoms with E-state index >= 15 is 0 Å². The van der Waals surface area contributed by atoms with Crippen LogP contribution in [0, 0.1) is 0 Å². The van der Waals surface area contributed by atoms with Crippen LogP contribution < -0.4 is 0 Å². The Balaban J connectivity index is 1.69.